The fourth-order valence-corrected chi connectivity index (χ4v) is 2.13. The van der Waals surface area contributed by atoms with Crippen LogP contribution in [-0.2, 0) is 6.54 Å². The minimum Gasteiger partial charge on any atom is -0.383 e. The van der Waals surface area contributed by atoms with Gasteiger partial charge in [-0.25, -0.2) is 4.98 Å². The molecule has 1 aliphatic heterocycles. The highest BCUT2D eigenvalue weighted by Gasteiger charge is 2.12. The summed E-state index contributed by atoms with van der Waals surface area (Å²) in [5.74, 6) is 0.686. The van der Waals surface area contributed by atoms with Crippen molar-refractivity contribution in [2.75, 3.05) is 18.8 Å². The second kappa shape index (κ2) is 4.62. The molecule has 3 nitrogen and oxygen atoms in total. The first-order valence-electron chi connectivity index (χ1n) is 5.69. The standard InChI is InChI=1S/C12H19N3/c1-10-7-11(12(13)14-8-10)9-15-5-3-2-4-6-15/h7-8H,2-6,9H2,1H3,(H2,13,14). The summed E-state index contributed by atoms with van der Waals surface area (Å²) in [7, 11) is 0. The number of hydrogen-bond acceptors (Lipinski definition) is 3. The van der Waals surface area contributed by atoms with Crippen LogP contribution in [0.3, 0.4) is 0 Å². The fraction of sp³-hybridized carbons (Fsp3) is 0.583. The molecule has 0 spiro atoms. The van der Waals surface area contributed by atoms with Crippen molar-refractivity contribution >= 4 is 5.82 Å². The van der Waals surface area contributed by atoms with Gasteiger partial charge in [0.05, 0.1) is 0 Å². The molecule has 0 amide bonds. The number of likely N-dealkylation sites (tertiary alicyclic amines) is 1. The second-order valence-electron chi connectivity index (χ2n) is 4.39. The summed E-state index contributed by atoms with van der Waals surface area (Å²) in [6.07, 6.45) is 5.84. The van der Waals surface area contributed by atoms with Crippen LogP contribution in [0.25, 0.3) is 0 Å². The first kappa shape index (κ1) is 10.4. The number of aryl methyl sites for hydroxylation is 1. The van der Waals surface area contributed by atoms with E-state index in [-0.39, 0.29) is 0 Å². The molecule has 1 aromatic rings. The van der Waals surface area contributed by atoms with E-state index in [1.807, 2.05) is 6.20 Å². The molecule has 2 heterocycles. The maximum atomic E-state index is 5.87. The Balaban J connectivity index is 2.05. The van der Waals surface area contributed by atoms with Gasteiger partial charge in [-0.15, -0.1) is 0 Å². The summed E-state index contributed by atoms with van der Waals surface area (Å²) < 4.78 is 0. The lowest BCUT2D eigenvalue weighted by Gasteiger charge is -2.26. The third-order valence-electron chi connectivity index (χ3n) is 2.98. The van der Waals surface area contributed by atoms with Gasteiger partial charge in [0.1, 0.15) is 5.82 Å². The monoisotopic (exact) mass is 205 g/mol. The van der Waals surface area contributed by atoms with Gasteiger partial charge in [0.2, 0.25) is 0 Å². The maximum Gasteiger partial charge on any atom is 0.127 e. The van der Waals surface area contributed by atoms with E-state index >= 15 is 0 Å². The Bertz CT molecular complexity index is 330. The van der Waals surface area contributed by atoms with Crippen molar-refractivity contribution in [1.82, 2.24) is 9.88 Å². The SMILES string of the molecule is Cc1cnc(N)c(CN2CCCCC2)c1. The van der Waals surface area contributed by atoms with Crippen molar-refractivity contribution in [3.63, 3.8) is 0 Å². The molecule has 1 fully saturated rings. The number of nitrogens with zero attached hydrogens (tertiary/aromatic N) is 2. The predicted octanol–water partition coefficient (Wildman–Crippen LogP) is 1.96. The molecule has 2 N–H and O–H groups in total. The van der Waals surface area contributed by atoms with Gasteiger partial charge in [-0.3, -0.25) is 4.90 Å². The van der Waals surface area contributed by atoms with Crippen LogP contribution >= 0.6 is 0 Å². The van der Waals surface area contributed by atoms with E-state index in [1.54, 1.807) is 0 Å². The van der Waals surface area contributed by atoms with Crippen molar-refractivity contribution < 1.29 is 0 Å². The molecule has 1 aromatic heterocycles. The molecule has 3 heteroatoms. The van der Waals surface area contributed by atoms with Gasteiger partial charge in [0.15, 0.2) is 0 Å². The fourth-order valence-electron chi connectivity index (χ4n) is 2.13. The van der Waals surface area contributed by atoms with Crippen molar-refractivity contribution in [3.05, 3.63) is 23.4 Å². The lowest BCUT2D eigenvalue weighted by molar-refractivity contribution is 0.221. The summed E-state index contributed by atoms with van der Waals surface area (Å²) in [6.45, 7) is 5.42. The number of anilines is 1. The van der Waals surface area contributed by atoms with Crippen molar-refractivity contribution in [2.24, 2.45) is 0 Å². The van der Waals surface area contributed by atoms with Crippen molar-refractivity contribution in [2.45, 2.75) is 32.7 Å². The summed E-state index contributed by atoms with van der Waals surface area (Å²) >= 11 is 0. The molecular weight excluding hydrogens is 186 g/mol. The van der Waals surface area contributed by atoms with Gasteiger partial charge in [0.25, 0.3) is 0 Å². The zero-order valence-corrected chi connectivity index (χ0v) is 9.37. The summed E-state index contributed by atoms with van der Waals surface area (Å²) in [6, 6.07) is 2.15. The van der Waals surface area contributed by atoms with E-state index in [9.17, 15) is 0 Å². The topological polar surface area (TPSA) is 42.1 Å². The Hall–Kier alpha value is -1.09. The normalized spacial score (nSPS) is 17.9. The zero-order chi connectivity index (χ0) is 10.7. The van der Waals surface area contributed by atoms with Gasteiger partial charge in [0, 0.05) is 18.3 Å². The highest BCUT2D eigenvalue weighted by atomic mass is 15.1. The highest BCUT2D eigenvalue weighted by molar-refractivity contribution is 5.40. The third kappa shape index (κ3) is 2.69. The van der Waals surface area contributed by atoms with Crippen molar-refractivity contribution in [1.29, 1.82) is 0 Å². The number of hydrogen-bond donors (Lipinski definition) is 1. The summed E-state index contributed by atoms with van der Waals surface area (Å²) in [5.41, 5.74) is 8.24. The Kier molecular flexibility index (Phi) is 3.21. The van der Waals surface area contributed by atoms with Gasteiger partial charge < -0.3 is 5.73 Å². The summed E-state index contributed by atoms with van der Waals surface area (Å²) in [5, 5.41) is 0. The maximum absolute atomic E-state index is 5.87. The number of nitrogens with two attached hydrogens (primary N) is 1. The molecule has 0 radical (unpaired) electrons. The van der Waals surface area contributed by atoms with E-state index in [2.05, 4.69) is 22.9 Å². The molecule has 0 atom stereocenters. The molecule has 0 aliphatic carbocycles. The van der Waals surface area contributed by atoms with E-state index in [0.29, 0.717) is 5.82 Å². The van der Waals surface area contributed by atoms with Crippen LogP contribution in [0.1, 0.15) is 30.4 Å². The lowest BCUT2D eigenvalue weighted by atomic mass is 10.1. The largest absolute Gasteiger partial charge is 0.383 e. The molecule has 82 valence electrons. The number of rotatable bonds is 2. The van der Waals surface area contributed by atoms with E-state index < -0.39 is 0 Å². The molecular formula is C12H19N3. The first-order valence-corrected chi connectivity index (χ1v) is 5.69. The highest BCUT2D eigenvalue weighted by Crippen LogP contribution is 2.16. The Morgan fingerprint density at radius 2 is 2.07 bits per heavy atom. The predicted molar refractivity (Wildman–Crippen MR) is 62.5 cm³/mol. The number of nitrogen functional groups attached to an aromatic ring is 1. The molecule has 0 bridgehead atoms. The molecule has 15 heavy (non-hydrogen) atoms. The smallest absolute Gasteiger partial charge is 0.127 e. The Labute approximate surface area is 91.3 Å². The minimum absolute atomic E-state index is 0.686. The van der Waals surface area contributed by atoms with Crippen LogP contribution in [0.4, 0.5) is 5.82 Å². The Morgan fingerprint density at radius 1 is 1.33 bits per heavy atom. The van der Waals surface area contributed by atoms with Crippen molar-refractivity contribution in [3.8, 4) is 0 Å². The van der Waals surface area contributed by atoms with Crippen LogP contribution < -0.4 is 5.73 Å². The molecule has 1 saturated heterocycles. The number of aromatic nitrogens is 1. The third-order valence-corrected chi connectivity index (χ3v) is 2.98. The lowest BCUT2D eigenvalue weighted by Crippen LogP contribution is -2.29. The summed E-state index contributed by atoms with van der Waals surface area (Å²) in [4.78, 5) is 6.66. The average molecular weight is 205 g/mol. The van der Waals surface area contributed by atoms with Crippen LogP contribution in [-0.4, -0.2) is 23.0 Å². The second-order valence-corrected chi connectivity index (χ2v) is 4.39. The van der Waals surface area contributed by atoms with E-state index in [0.717, 1.165) is 6.54 Å². The Morgan fingerprint density at radius 3 is 2.80 bits per heavy atom. The average Bonchev–Trinajstić information content (AvgIpc) is 2.25. The van der Waals surface area contributed by atoms with Crippen LogP contribution in [0.2, 0.25) is 0 Å². The van der Waals surface area contributed by atoms with Gasteiger partial charge in [-0.2, -0.15) is 0 Å². The quantitative estimate of drug-likeness (QED) is 0.802. The molecule has 0 unspecified atom stereocenters. The van der Waals surface area contributed by atoms with Crippen LogP contribution in [0.5, 0.6) is 0 Å². The molecule has 1 aliphatic rings. The van der Waals surface area contributed by atoms with Crippen LogP contribution in [0.15, 0.2) is 12.3 Å². The zero-order valence-electron chi connectivity index (χ0n) is 9.37. The van der Waals surface area contributed by atoms with Gasteiger partial charge in [-0.1, -0.05) is 6.42 Å². The van der Waals surface area contributed by atoms with Gasteiger partial charge >= 0.3 is 0 Å². The molecule has 0 saturated carbocycles. The first-order chi connectivity index (χ1) is 7.25. The van der Waals surface area contributed by atoms with E-state index in [1.165, 1.54) is 43.5 Å². The van der Waals surface area contributed by atoms with E-state index in [4.69, 9.17) is 5.73 Å². The van der Waals surface area contributed by atoms with Crippen LogP contribution in [0, 0.1) is 6.92 Å². The van der Waals surface area contributed by atoms with Gasteiger partial charge in [-0.05, 0) is 44.5 Å². The molecule has 2 rings (SSSR count). The minimum atomic E-state index is 0.686. The number of pyridine rings is 1. The molecule has 0 aromatic carbocycles. The number of piperidine rings is 1.